The molecule has 0 saturated heterocycles. The zero-order chi connectivity index (χ0) is 21.4. The van der Waals surface area contributed by atoms with Crippen molar-refractivity contribution in [1.29, 1.82) is 0 Å². The van der Waals surface area contributed by atoms with Crippen molar-refractivity contribution in [3.63, 3.8) is 0 Å². The van der Waals surface area contributed by atoms with Crippen LogP contribution in [0, 0.1) is 6.92 Å². The highest BCUT2D eigenvalue weighted by molar-refractivity contribution is 5.95. The third-order valence-corrected chi connectivity index (χ3v) is 4.31. The van der Waals surface area contributed by atoms with Gasteiger partial charge in [0.05, 0.1) is 37.6 Å². The van der Waals surface area contributed by atoms with Gasteiger partial charge >= 0.3 is 5.97 Å². The SMILES string of the molecule is CCCOc1ccc(C(C)NC(=O)c2ccc(C(=O)OCC)c(C)n2)cc1OC. The lowest BCUT2D eigenvalue weighted by Crippen LogP contribution is -2.28. The topological polar surface area (TPSA) is 86.8 Å². The zero-order valence-electron chi connectivity index (χ0n) is 17.6. The second kappa shape index (κ2) is 10.5. The summed E-state index contributed by atoms with van der Waals surface area (Å²) in [4.78, 5) is 28.7. The van der Waals surface area contributed by atoms with Gasteiger partial charge < -0.3 is 19.5 Å². The Kier molecular flexibility index (Phi) is 8.00. The summed E-state index contributed by atoms with van der Waals surface area (Å²) in [5, 5.41) is 2.91. The molecule has 0 aliphatic heterocycles. The van der Waals surface area contributed by atoms with Crippen molar-refractivity contribution in [2.45, 2.75) is 40.2 Å². The maximum absolute atomic E-state index is 12.6. The summed E-state index contributed by atoms with van der Waals surface area (Å²) in [6.07, 6.45) is 0.902. The fraction of sp³-hybridized carbons (Fsp3) is 0.409. The summed E-state index contributed by atoms with van der Waals surface area (Å²) in [6.45, 7) is 8.21. The standard InChI is InChI=1S/C22H28N2O5/c1-6-12-29-19-11-8-16(13-20(19)27-5)14(3)24-21(25)18-10-9-17(15(4)23-18)22(26)28-7-2/h8-11,13-14H,6-7,12H2,1-5H3,(H,24,25). The van der Waals surface area contributed by atoms with Gasteiger partial charge in [0.2, 0.25) is 0 Å². The molecule has 1 N–H and O–H groups in total. The molecule has 7 nitrogen and oxygen atoms in total. The zero-order valence-corrected chi connectivity index (χ0v) is 17.6. The number of hydrogen-bond acceptors (Lipinski definition) is 6. The van der Waals surface area contributed by atoms with Gasteiger partial charge in [0, 0.05) is 0 Å². The van der Waals surface area contributed by atoms with E-state index in [1.54, 1.807) is 27.0 Å². The molecule has 0 fully saturated rings. The minimum Gasteiger partial charge on any atom is -0.493 e. The van der Waals surface area contributed by atoms with Crippen molar-refractivity contribution in [3.8, 4) is 11.5 Å². The largest absolute Gasteiger partial charge is 0.493 e. The first kappa shape index (κ1) is 22.2. The molecule has 2 rings (SSSR count). The van der Waals surface area contributed by atoms with E-state index in [9.17, 15) is 9.59 Å². The van der Waals surface area contributed by atoms with E-state index in [2.05, 4.69) is 10.3 Å². The van der Waals surface area contributed by atoms with Gasteiger partial charge in [-0.3, -0.25) is 4.79 Å². The number of methoxy groups -OCH3 is 1. The first-order chi connectivity index (χ1) is 13.9. The molecule has 1 aromatic carbocycles. The summed E-state index contributed by atoms with van der Waals surface area (Å²) >= 11 is 0. The normalized spacial score (nSPS) is 11.5. The van der Waals surface area contributed by atoms with Gasteiger partial charge in [0.25, 0.3) is 5.91 Å². The van der Waals surface area contributed by atoms with E-state index in [-0.39, 0.29) is 24.2 Å². The molecule has 1 atom stereocenters. The Morgan fingerprint density at radius 2 is 1.90 bits per heavy atom. The minimum atomic E-state index is -0.449. The lowest BCUT2D eigenvalue weighted by atomic mass is 10.1. The van der Waals surface area contributed by atoms with Crippen LogP contribution >= 0.6 is 0 Å². The predicted molar refractivity (Wildman–Crippen MR) is 110 cm³/mol. The second-order valence-electron chi connectivity index (χ2n) is 6.50. The molecule has 29 heavy (non-hydrogen) atoms. The molecule has 1 aromatic heterocycles. The van der Waals surface area contributed by atoms with E-state index in [0.29, 0.717) is 29.4 Å². The van der Waals surface area contributed by atoms with Crippen LogP contribution in [0.25, 0.3) is 0 Å². The number of ether oxygens (including phenoxy) is 3. The maximum Gasteiger partial charge on any atom is 0.339 e. The molecule has 0 aliphatic carbocycles. The summed E-state index contributed by atoms with van der Waals surface area (Å²) in [7, 11) is 1.58. The Balaban J connectivity index is 2.12. The number of rotatable bonds is 9. The number of pyridine rings is 1. The molecule has 2 aromatic rings. The Morgan fingerprint density at radius 1 is 1.14 bits per heavy atom. The van der Waals surface area contributed by atoms with Gasteiger partial charge in [-0.2, -0.15) is 0 Å². The Morgan fingerprint density at radius 3 is 2.52 bits per heavy atom. The van der Waals surface area contributed by atoms with Gasteiger partial charge in [0.1, 0.15) is 5.69 Å². The molecule has 0 bridgehead atoms. The predicted octanol–water partition coefficient (Wildman–Crippen LogP) is 3.86. The number of amides is 1. The number of carbonyl (C=O) groups excluding carboxylic acids is 2. The monoisotopic (exact) mass is 400 g/mol. The second-order valence-corrected chi connectivity index (χ2v) is 6.50. The summed E-state index contributed by atoms with van der Waals surface area (Å²) in [6, 6.07) is 8.37. The van der Waals surface area contributed by atoms with Gasteiger partial charge in [-0.15, -0.1) is 0 Å². The Bertz CT molecular complexity index is 866. The van der Waals surface area contributed by atoms with E-state index in [4.69, 9.17) is 14.2 Å². The Hall–Kier alpha value is -3.09. The van der Waals surface area contributed by atoms with Crippen LogP contribution in [0.4, 0.5) is 0 Å². The number of hydrogen-bond donors (Lipinski definition) is 1. The van der Waals surface area contributed by atoms with Crippen molar-refractivity contribution in [1.82, 2.24) is 10.3 Å². The average molecular weight is 400 g/mol. The number of nitrogens with zero attached hydrogens (tertiary/aromatic N) is 1. The van der Waals surface area contributed by atoms with Crippen molar-refractivity contribution >= 4 is 11.9 Å². The molecule has 156 valence electrons. The molecule has 7 heteroatoms. The summed E-state index contributed by atoms with van der Waals surface area (Å²) in [5.74, 6) is 0.505. The minimum absolute atomic E-state index is 0.234. The third kappa shape index (κ3) is 5.70. The number of aromatic nitrogens is 1. The van der Waals surface area contributed by atoms with Crippen LogP contribution < -0.4 is 14.8 Å². The molecule has 0 radical (unpaired) electrons. The molecule has 0 saturated carbocycles. The van der Waals surface area contributed by atoms with Crippen LogP contribution in [0.5, 0.6) is 11.5 Å². The van der Waals surface area contributed by atoms with Gasteiger partial charge in [-0.25, -0.2) is 9.78 Å². The van der Waals surface area contributed by atoms with Crippen molar-refractivity contribution in [2.24, 2.45) is 0 Å². The highest BCUT2D eigenvalue weighted by Gasteiger charge is 2.17. The number of aryl methyl sites for hydroxylation is 1. The lowest BCUT2D eigenvalue weighted by Gasteiger charge is -2.17. The van der Waals surface area contributed by atoms with E-state index < -0.39 is 5.97 Å². The van der Waals surface area contributed by atoms with E-state index in [0.717, 1.165) is 12.0 Å². The number of benzene rings is 1. The third-order valence-electron chi connectivity index (χ3n) is 4.31. The molecular formula is C22H28N2O5. The smallest absolute Gasteiger partial charge is 0.339 e. The van der Waals surface area contributed by atoms with Crippen LogP contribution in [-0.2, 0) is 4.74 Å². The first-order valence-electron chi connectivity index (χ1n) is 9.67. The van der Waals surface area contributed by atoms with Crippen molar-refractivity contribution < 1.29 is 23.8 Å². The van der Waals surface area contributed by atoms with Crippen LogP contribution in [0.2, 0.25) is 0 Å². The van der Waals surface area contributed by atoms with E-state index >= 15 is 0 Å². The molecule has 0 spiro atoms. The van der Waals surface area contributed by atoms with Crippen molar-refractivity contribution in [2.75, 3.05) is 20.3 Å². The van der Waals surface area contributed by atoms with Crippen LogP contribution in [0.3, 0.4) is 0 Å². The highest BCUT2D eigenvalue weighted by Crippen LogP contribution is 2.30. The van der Waals surface area contributed by atoms with Gasteiger partial charge in [-0.05, 0) is 57.0 Å². The molecule has 0 aliphatic rings. The van der Waals surface area contributed by atoms with Crippen LogP contribution in [0.15, 0.2) is 30.3 Å². The fourth-order valence-corrected chi connectivity index (χ4v) is 2.75. The van der Waals surface area contributed by atoms with Crippen LogP contribution in [-0.4, -0.2) is 37.2 Å². The molecule has 1 unspecified atom stereocenters. The van der Waals surface area contributed by atoms with Gasteiger partial charge in [-0.1, -0.05) is 13.0 Å². The molecule has 1 amide bonds. The number of carbonyl (C=O) groups is 2. The van der Waals surface area contributed by atoms with Crippen LogP contribution in [0.1, 0.15) is 65.3 Å². The summed E-state index contributed by atoms with van der Waals surface area (Å²) < 4.78 is 16.0. The van der Waals surface area contributed by atoms with E-state index in [1.165, 1.54) is 6.07 Å². The molecule has 1 heterocycles. The highest BCUT2D eigenvalue weighted by atomic mass is 16.5. The van der Waals surface area contributed by atoms with E-state index in [1.807, 2.05) is 32.0 Å². The first-order valence-corrected chi connectivity index (χ1v) is 9.67. The average Bonchev–Trinajstić information content (AvgIpc) is 2.71. The molecular weight excluding hydrogens is 372 g/mol. The van der Waals surface area contributed by atoms with Crippen molar-refractivity contribution in [3.05, 3.63) is 52.8 Å². The lowest BCUT2D eigenvalue weighted by molar-refractivity contribution is 0.0524. The Labute approximate surface area is 171 Å². The van der Waals surface area contributed by atoms with Gasteiger partial charge in [0.15, 0.2) is 11.5 Å². The quantitative estimate of drug-likeness (QED) is 0.643. The summed E-state index contributed by atoms with van der Waals surface area (Å²) in [5.41, 5.74) is 1.91. The fourth-order valence-electron chi connectivity index (χ4n) is 2.75. The number of nitrogens with one attached hydrogen (secondary N) is 1. The number of esters is 1. The maximum atomic E-state index is 12.6.